The number of nitrogens with one attached hydrogen (secondary N) is 1. The zero-order chi connectivity index (χ0) is 24.9. The third-order valence-electron chi connectivity index (χ3n) is 4.98. The monoisotopic (exact) mass is 497 g/mol. The molecule has 35 heavy (non-hydrogen) atoms. The lowest BCUT2D eigenvalue weighted by atomic mass is 10.1. The van der Waals surface area contributed by atoms with Gasteiger partial charge in [-0.1, -0.05) is 11.6 Å². The van der Waals surface area contributed by atoms with E-state index in [1.165, 1.54) is 11.1 Å². The van der Waals surface area contributed by atoms with Crippen LogP contribution in [-0.4, -0.2) is 49.6 Å². The van der Waals surface area contributed by atoms with Crippen LogP contribution in [0.3, 0.4) is 0 Å². The van der Waals surface area contributed by atoms with Crippen molar-refractivity contribution in [2.45, 2.75) is 13.8 Å². The average Bonchev–Trinajstić information content (AvgIpc) is 3.21. The maximum absolute atomic E-state index is 12.5. The number of rotatable bonds is 9. The third kappa shape index (κ3) is 5.41. The maximum Gasteiger partial charge on any atom is 0.282 e. The Morgan fingerprint density at radius 2 is 1.83 bits per heavy atom. The molecule has 0 atom stereocenters. The predicted octanol–water partition coefficient (Wildman–Crippen LogP) is 4.66. The number of halogens is 1. The highest BCUT2D eigenvalue weighted by Gasteiger charge is 2.34. The molecule has 0 saturated carbocycles. The second-order valence-corrected chi connectivity index (χ2v) is 7.87. The number of aliphatic imine (C=N–C) groups is 1. The second kappa shape index (κ2) is 10.5. The molecule has 2 aliphatic rings. The molecule has 0 saturated heterocycles. The van der Waals surface area contributed by atoms with Crippen LogP contribution in [0.25, 0.3) is 6.08 Å². The summed E-state index contributed by atoms with van der Waals surface area (Å²) in [6.07, 6.45) is 3.12. The first-order valence-electron chi connectivity index (χ1n) is 10.9. The van der Waals surface area contributed by atoms with E-state index >= 15 is 0 Å². The first-order valence-corrected chi connectivity index (χ1v) is 11.2. The molecule has 0 unspecified atom stereocenters. The van der Waals surface area contributed by atoms with E-state index in [1.54, 1.807) is 44.4 Å². The number of fused-ring (bicyclic) bond motifs is 1. The van der Waals surface area contributed by atoms with Crippen LogP contribution in [0.4, 0.5) is 0 Å². The third-order valence-corrected chi connectivity index (χ3v) is 5.26. The highest BCUT2D eigenvalue weighted by molar-refractivity contribution is 6.33. The Morgan fingerprint density at radius 1 is 1.11 bits per heavy atom. The summed E-state index contributed by atoms with van der Waals surface area (Å²) < 4.78 is 22.4. The fourth-order valence-corrected chi connectivity index (χ4v) is 3.69. The molecule has 2 heterocycles. The summed E-state index contributed by atoms with van der Waals surface area (Å²) in [7, 11) is 1.60. The molecular weight excluding hydrogens is 474 g/mol. The molecule has 0 aliphatic carbocycles. The van der Waals surface area contributed by atoms with Gasteiger partial charge in [-0.2, -0.15) is 4.99 Å². The first-order chi connectivity index (χ1) is 16.9. The molecule has 0 bridgehead atoms. The number of hydrogen-bond acceptors (Lipinski definition) is 7. The summed E-state index contributed by atoms with van der Waals surface area (Å²) in [6.45, 7) is 4.45. The van der Waals surface area contributed by atoms with E-state index in [0.29, 0.717) is 40.2 Å². The van der Waals surface area contributed by atoms with Crippen LogP contribution in [0.5, 0.6) is 23.0 Å². The lowest BCUT2D eigenvalue weighted by molar-refractivity contribution is -0.114. The quantitative estimate of drug-likeness (QED) is 0.397. The SMILES string of the molecule is CCOc1cc(/C=C2/C(=N)N3OC(C)=CC3=NC2=O)cc(Cl)c1OCCOc1ccc(OC)cc1. The number of allylic oxidation sites excluding steroid dienone is 1. The number of carbonyl (C=O) groups excluding carboxylic acids is 1. The minimum Gasteiger partial charge on any atom is -0.497 e. The Balaban J connectivity index is 1.48. The average molecular weight is 498 g/mol. The lowest BCUT2D eigenvalue weighted by Gasteiger charge is -2.23. The molecule has 0 spiro atoms. The van der Waals surface area contributed by atoms with Crippen molar-refractivity contribution < 1.29 is 28.6 Å². The van der Waals surface area contributed by atoms with Gasteiger partial charge in [0.15, 0.2) is 23.2 Å². The molecule has 9 nitrogen and oxygen atoms in total. The largest absolute Gasteiger partial charge is 0.497 e. The second-order valence-electron chi connectivity index (χ2n) is 7.46. The van der Waals surface area contributed by atoms with E-state index in [4.69, 9.17) is 40.8 Å². The van der Waals surface area contributed by atoms with Gasteiger partial charge in [-0.3, -0.25) is 10.2 Å². The number of carbonyl (C=O) groups is 1. The maximum atomic E-state index is 12.5. The van der Waals surface area contributed by atoms with Crippen LogP contribution in [0.15, 0.2) is 58.8 Å². The molecule has 10 heteroatoms. The van der Waals surface area contributed by atoms with Gasteiger partial charge >= 0.3 is 0 Å². The Bertz CT molecular complexity index is 1240. The van der Waals surface area contributed by atoms with Gasteiger partial charge in [-0.25, -0.2) is 0 Å². The van der Waals surface area contributed by atoms with Crippen molar-refractivity contribution in [3.05, 3.63) is 64.4 Å². The zero-order valence-electron chi connectivity index (χ0n) is 19.5. The van der Waals surface area contributed by atoms with Gasteiger partial charge in [-0.05, 0) is 61.9 Å². The van der Waals surface area contributed by atoms with E-state index in [9.17, 15) is 4.79 Å². The molecule has 4 rings (SSSR count). The molecule has 182 valence electrons. The summed E-state index contributed by atoms with van der Waals surface area (Å²) >= 11 is 6.50. The van der Waals surface area contributed by atoms with Crippen molar-refractivity contribution in [2.24, 2.45) is 4.99 Å². The van der Waals surface area contributed by atoms with Gasteiger partial charge in [0.25, 0.3) is 5.91 Å². The van der Waals surface area contributed by atoms with Crippen LogP contribution >= 0.6 is 11.6 Å². The van der Waals surface area contributed by atoms with Crippen LogP contribution in [-0.2, 0) is 9.63 Å². The minimum absolute atomic E-state index is 0.0666. The lowest BCUT2D eigenvalue weighted by Crippen LogP contribution is -2.38. The number of amidine groups is 2. The van der Waals surface area contributed by atoms with Gasteiger partial charge in [0.2, 0.25) is 0 Å². The highest BCUT2D eigenvalue weighted by atomic mass is 35.5. The van der Waals surface area contributed by atoms with Crippen LogP contribution < -0.4 is 18.9 Å². The fourth-order valence-electron chi connectivity index (χ4n) is 3.42. The van der Waals surface area contributed by atoms with E-state index in [0.717, 1.165) is 5.75 Å². The number of ether oxygens (including phenoxy) is 4. The van der Waals surface area contributed by atoms with Crippen molar-refractivity contribution in [2.75, 3.05) is 26.9 Å². The summed E-state index contributed by atoms with van der Waals surface area (Å²) in [5.74, 6) is 2.37. The molecular formula is C25H24ClN3O6. The molecule has 1 N–H and O–H groups in total. The van der Waals surface area contributed by atoms with Gasteiger partial charge in [-0.15, -0.1) is 5.06 Å². The van der Waals surface area contributed by atoms with Crippen LogP contribution in [0, 0.1) is 5.41 Å². The number of benzene rings is 2. The standard InChI is InChI=1S/C25H24ClN3O6/c1-4-32-21-14-16(12-19-24(27)29-22(28-25(19)30)11-15(2)35-29)13-20(26)23(21)34-10-9-33-18-7-5-17(31-3)6-8-18/h5-8,11-14,27H,4,9-10H2,1-3H3/b19-12-,27-24?. The first kappa shape index (κ1) is 24.2. The smallest absolute Gasteiger partial charge is 0.282 e. The number of methoxy groups -OCH3 is 1. The molecule has 0 radical (unpaired) electrons. The number of hydroxylamine groups is 2. The summed E-state index contributed by atoms with van der Waals surface area (Å²) in [4.78, 5) is 22.0. The van der Waals surface area contributed by atoms with Gasteiger partial charge < -0.3 is 23.8 Å². The van der Waals surface area contributed by atoms with E-state index in [1.807, 2.05) is 19.1 Å². The number of nitrogens with zero attached hydrogens (tertiary/aromatic N) is 2. The number of amides is 1. The Labute approximate surface area is 207 Å². The van der Waals surface area contributed by atoms with Crippen molar-refractivity contribution in [3.63, 3.8) is 0 Å². The highest BCUT2D eigenvalue weighted by Crippen LogP contribution is 2.38. The number of hydrogen-bond donors (Lipinski definition) is 1. The fraction of sp³-hybridized carbons (Fsp3) is 0.240. The topological polar surface area (TPSA) is 103 Å². The normalized spacial score (nSPS) is 15.9. The molecule has 2 aromatic rings. The van der Waals surface area contributed by atoms with Crippen molar-refractivity contribution >= 4 is 35.3 Å². The predicted molar refractivity (Wildman–Crippen MR) is 131 cm³/mol. The van der Waals surface area contributed by atoms with E-state index in [-0.39, 0.29) is 30.5 Å². The Hall–Kier alpha value is -3.98. The summed E-state index contributed by atoms with van der Waals surface area (Å²) in [5, 5.41) is 9.86. The molecule has 2 aliphatic heterocycles. The van der Waals surface area contributed by atoms with Gasteiger partial charge in [0.1, 0.15) is 30.5 Å². The molecule has 2 aromatic carbocycles. The zero-order valence-corrected chi connectivity index (χ0v) is 20.2. The van der Waals surface area contributed by atoms with E-state index in [2.05, 4.69) is 4.99 Å². The Morgan fingerprint density at radius 3 is 2.54 bits per heavy atom. The van der Waals surface area contributed by atoms with Crippen molar-refractivity contribution in [1.82, 2.24) is 5.06 Å². The minimum atomic E-state index is -0.541. The van der Waals surface area contributed by atoms with Crippen LogP contribution in [0.2, 0.25) is 5.02 Å². The van der Waals surface area contributed by atoms with E-state index < -0.39 is 5.91 Å². The summed E-state index contributed by atoms with van der Waals surface area (Å²) in [6, 6.07) is 10.6. The molecule has 0 fully saturated rings. The molecule has 0 aromatic heterocycles. The van der Waals surface area contributed by atoms with Gasteiger partial charge in [0, 0.05) is 6.08 Å². The molecule has 1 amide bonds. The van der Waals surface area contributed by atoms with Gasteiger partial charge in [0.05, 0.1) is 24.3 Å². The summed E-state index contributed by atoms with van der Waals surface area (Å²) in [5.41, 5.74) is 0.618. The van der Waals surface area contributed by atoms with Crippen LogP contribution in [0.1, 0.15) is 19.4 Å². The Kier molecular flexibility index (Phi) is 7.26. The van der Waals surface area contributed by atoms with Crippen molar-refractivity contribution in [1.29, 1.82) is 5.41 Å². The van der Waals surface area contributed by atoms with Crippen molar-refractivity contribution in [3.8, 4) is 23.0 Å².